The van der Waals surface area contributed by atoms with Crippen molar-refractivity contribution in [3.63, 3.8) is 0 Å². The van der Waals surface area contributed by atoms with E-state index in [-0.39, 0.29) is 11.7 Å². The van der Waals surface area contributed by atoms with Gasteiger partial charge in [-0.2, -0.15) is 0 Å². The third-order valence-corrected chi connectivity index (χ3v) is 2.88. The van der Waals surface area contributed by atoms with Crippen molar-refractivity contribution >= 4 is 6.09 Å². The quantitative estimate of drug-likeness (QED) is 0.656. The summed E-state index contributed by atoms with van der Waals surface area (Å²) in [6.07, 6.45) is 1.04. The highest BCUT2D eigenvalue weighted by atomic mass is 16.6. The van der Waals surface area contributed by atoms with Crippen molar-refractivity contribution in [3.05, 3.63) is 0 Å². The van der Waals surface area contributed by atoms with Crippen molar-refractivity contribution in [1.82, 2.24) is 10.2 Å². The second kappa shape index (κ2) is 3.67. The average molecular weight is 212 g/mol. The lowest BCUT2D eigenvalue weighted by Crippen LogP contribution is -2.46. The van der Waals surface area contributed by atoms with Crippen LogP contribution in [0, 0.1) is 5.92 Å². The van der Waals surface area contributed by atoms with Crippen molar-refractivity contribution in [2.45, 2.75) is 38.8 Å². The number of piperidine rings is 1. The topological polar surface area (TPSA) is 41.6 Å². The Bertz CT molecular complexity index is 248. The Morgan fingerprint density at radius 1 is 1.40 bits per heavy atom. The summed E-state index contributed by atoms with van der Waals surface area (Å²) < 4.78 is 5.36. The fraction of sp³-hybridized carbons (Fsp3) is 0.909. The van der Waals surface area contributed by atoms with Crippen LogP contribution in [-0.2, 0) is 4.74 Å². The number of amides is 1. The zero-order valence-electron chi connectivity index (χ0n) is 9.75. The van der Waals surface area contributed by atoms with E-state index in [1.54, 1.807) is 0 Å². The summed E-state index contributed by atoms with van der Waals surface area (Å²) in [6, 6.07) is 0.483. The third-order valence-electron chi connectivity index (χ3n) is 2.88. The maximum absolute atomic E-state index is 11.8. The highest BCUT2D eigenvalue weighted by Crippen LogP contribution is 2.23. The number of carbonyl (C=O) groups excluding carboxylic acids is 1. The van der Waals surface area contributed by atoms with Crippen LogP contribution in [0.25, 0.3) is 0 Å². The van der Waals surface area contributed by atoms with Crippen LogP contribution in [0.5, 0.6) is 0 Å². The smallest absolute Gasteiger partial charge is 0.410 e. The van der Waals surface area contributed by atoms with Crippen LogP contribution in [-0.4, -0.2) is 42.3 Å². The number of hydrogen-bond donors (Lipinski definition) is 1. The molecule has 2 aliphatic heterocycles. The van der Waals surface area contributed by atoms with E-state index in [1.165, 1.54) is 6.42 Å². The van der Waals surface area contributed by atoms with Crippen LogP contribution in [0.4, 0.5) is 4.79 Å². The molecule has 4 nitrogen and oxygen atoms in total. The first-order valence-corrected chi connectivity index (χ1v) is 5.65. The van der Waals surface area contributed by atoms with Gasteiger partial charge in [-0.25, -0.2) is 4.79 Å². The van der Waals surface area contributed by atoms with Gasteiger partial charge in [-0.15, -0.1) is 0 Å². The van der Waals surface area contributed by atoms with E-state index in [4.69, 9.17) is 4.74 Å². The normalized spacial score (nSPS) is 30.5. The van der Waals surface area contributed by atoms with Gasteiger partial charge >= 0.3 is 6.09 Å². The fourth-order valence-electron chi connectivity index (χ4n) is 2.31. The summed E-state index contributed by atoms with van der Waals surface area (Å²) in [5.41, 5.74) is -0.388. The summed E-state index contributed by atoms with van der Waals surface area (Å²) in [5, 5.41) is 3.42. The molecule has 0 aromatic carbocycles. The molecule has 1 amide bonds. The molecule has 0 aromatic rings. The van der Waals surface area contributed by atoms with Crippen molar-refractivity contribution in [2.24, 2.45) is 5.92 Å². The first-order valence-electron chi connectivity index (χ1n) is 5.65. The Kier molecular flexibility index (Phi) is 2.63. The maximum Gasteiger partial charge on any atom is 0.410 e. The van der Waals surface area contributed by atoms with Gasteiger partial charge in [0.15, 0.2) is 0 Å². The average Bonchev–Trinajstić information content (AvgIpc) is 2.42. The summed E-state index contributed by atoms with van der Waals surface area (Å²) in [4.78, 5) is 13.6. The molecule has 0 aliphatic carbocycles. The molecule has 2 fully saturated rings. The van der Waals surface area contributed by atoms with Crippen LogP contribution in [0.2, 0.25) is 0 Å². The number of nitrogens with one attached hydrogen (secondary N) is 1. The number of carbonyl (C=O) groups is 1. The van der Waals surface area contributed by atoms with E-state index in [2.05, 4.69) is 5.32 Å². The zero-order chi connectivity index (χ0) is 11.1. The van der Waals surface area contributed by atoms with Gasteiger partial charge in [-0.3, -0.25) is 0 Å². The van der Waals surface area contributed by atoms with E-state index in [0.717, 1.165) is 19.6 Å². The molecule has 2 aliphatic rings. The molecule has 15 heavy (non-hydrogen) atoms. The highest BCUT2D eigenvalue weighted by molar-refractivity contribution is 5.68. The predicted octanol–water partition coefficient (Wildman–Crippen LogP) is 1.22. The number of likely N-dealkylation sites (tertiary alicyclic amines) is 1. The SMILES string of the molecule is CC(C)(C)OC(=O)N1CC2CNC(C2)C1. The van der Waals surface area contributed by atoms with Gasteiger partial charge in [-0.1, -0.05) is 0 Å². The number of ether oxygens (including phenoxy) is 1. The molecule has 2 saturated heterocycles. The molecule has 0 spiro atoms. The van der Waals surface area contributed by atoms with Gasteiger partial charge in [0, 0.05) is 25.7 Å². The van der Waals surface area contributed by atoms with E-state index in [0.29, 0.717) is 12.0 Å². The third kappa shape index (κ3) is 2.62. The molecule has 0 aromatic heterocycles. The first kappa shape index (κ1) is 10.7. The number of hydrogen-bond acceptors (Lipinski definition) is 3. The standard InChI is InChI=1S/C11H20N2O2/c1-11(2,3)15-10(14)13-6-8-4-9(7-13)12-5-8/h8-9,12H,4-7H2,1-3H3. The van der Waals surface area contributed by atoms with Crippen LogP contribution in [0.1, 0.15) is 27.2 Å². The van der Waals surface area contributed by atoms with Gasteiger partial charge in [0.25, 0.3) is 0 Å². The Morgan fingerprint density at radius 3 is 2.73 bits per heavy atom. The molecule has 2 atom stereocenters. The lowest BCUT2D eigenvalue weighted by molar-refractivity contribution is 0.0183. The van der Waals surface area contributed by atoms with Gasteiger partial charge in [-0.05, 0) is 33.1 Å². The van der Waals surface area contributed by atoms with E-state index >= 15 is 0 Å². The molecule has 2 rings (SSSR count). The Morgan fingerprint density at radius 2 is 2.13 bits per heavy atom. The summed E-state index contributed by atoms with van der Waals surface area (Å²) in [7, 11) is 0. The molecule has 86 valence electrons. The summed E-state index contributed by atoms with van der Waals surface area (Å²) >= 11 is 0. The monoisotopic (exact) mass is 212 g/mol. The number of rotatable bonds is 0. The largest absolute Gasteiger partial charge is 0.444 e. The Labute approximate surface area is 91.0 Å². The second-order valence-electron chi connectivity index (χ2n) is 5.59. The molecule has 0 saturated carbocycles. The van der Waals surface area contributed by atoms with Crippen LogP contribution < -0.4 is 5.32 Å². The minimum absolute atomic E-state index is 0.166. The van der Waals surface area contributed by atoms with Crippen LogP contribution in [0.15, 0.2) is 0 Å². The molecular formula is C11H20N2O2. The fourth-order valence-corrected chi connectivity index (χ4v) is 2.31. The Hall–Kier alpha value is -0.770. The molecule has 2 heterocycles. The molecule has 4 heteroatoms. The first-order chi connectivity index (χ1) is 6.94. The summed E-state index contributed by atoms with van der Waals surface area (Å²) in [5.74, 6) is 0.622. The highest BCUT2D eigenvalue weighted by Gasteiger charge is 2.36. The number of nitrogens with zero attached hydrogens (tertiary/aromatic N) is 1. The van der Waals surface area contributed by atoms with Gasteiger partial charge < -0.3 is 15.0 Å². The van der Waals surface area contributed by atoms with E-state index < -0.39 is 0 Å². The molecule has 0 radical (unpaired) electrons. The van der Waals surface area contributed by atoms with Crippen molar-refractivity contribution in [2.75, 3.05) is 19.6 Å². The Balaban J connectivity index is 1.91. The minimum Gasteiger partial charge on any atom is -0.444 e. The van der Waals surface area contributed by atoms with E-state index in [9.17, 15) is 4.79 Å². The van der Waals surface area contributed by atoms with Crippen molar-refractivity contribution in [1.29, 1.82) is 0 Å². The van der Waals surface area contributed by atoms with Gasteiger partial charge in [0.1, 0.15) is 5.60 Å². The van der Waals surface area contributed by atoms with Gasteiger partial charge in [0.05, 0.1) is 0 Å². The second-order valence-corrected chi connectivity index (χ2v) is 5.59. The molecule has 2 bridgehead atoms. The minimum atomic E-state index is -0.388. The van der Waals surface area contributed by atoms with Gasteiger partial charge in [0.2, 0.25) is 0 Å². The van der Waals surface area contributed by atoms with Crippen LogP contribution >= 0.6 is 0 Å². The zero-order valence-corrected chi connectivity index (χ0v) is 9.75. The lowest BCUT2D eigenvalue weighted by atomic mass is 10.0. The molecular weight excluding hydrogens is 192 g/mol. The van der Waals surface area contributed by atoms with E-state index in [1.807, 2.05) is 25.7 Å². The predicted molar refractivity (Wildman–Crippen MR) is 57.7 cm³/mol. The maximum atomic E-state index is 11.8. The van der Waals surface area contributed by atoms with Crippen LogP contribution in [0.3, 0.4) is 0 Å². The van der Waals surface area contributed by atoms with Crippen molar-refractivity contribution < 1.29 is 9.53 Å². The molecule has 2 unspecified atom stereocenters. The molecule has 1 N–H and O–H groups in total. The van der Waals surface area contributed by atoms with Crippen molar-refractivity contribution in [3.8, 4) is 0 Å². The summed E-state index contributed by atoms with van der Waals surface area (Å²) in [6.45, 7) is 8.40. The number of fused-ring (bicyclic) bond motifs is 2. The lowest BCUT2D eigenvalue weighted by Gasteiger charge is -2.32.